The molecule has 0 fully saturated rings. The van der Waals surface area contributed by atoms with E-state index in [0.29, 0.717) is 10.7 Å². The molecule has 0 amide bonds. The highest BCUT2D eigenvalue weighted by Crippen LogP contribution is 2.31. The molecule has 0 saturated heterocycles. The summed E-state index contributed by atoms with van der Waals surface area (Å²) in [4.78, 5) is 0. The number of hydrogen-bond donors (Lipinski definition) is 0. The van der Waals surface area contributed by atoms with Crippen LogP contribution in [0, 0.1) is 5.92 Å². The van der Waals surface area contributed by atoms with Crippen LogP contribution in [-0.4, -0.2) is 16.3 Å². The van der Waals surface area contributed by atoms with Gasteiger partial charge in [0.2, 0.25) is 0 Å². The summed E-state index contributed by atoms with van der Waals surface area (Å²) in [5.41, 5.74) is -1.21. The van der Waals surface area contributed by atoms with E-state index >= 15 is 0 Å². The highest BCUT2D eigenvalue weighted by Gasteiger charge is 2.34. The van der Waals surface area contributed by atoms with Gasteiger partial charge in [0.15, 0.2) is 0 Å². The fourth-order valence-corrected chi connectivity index (χ4v) is 2.38. The van der Waals surface area contributed by atoms with Crippen molar-refractivity contribution < 1.29 is 4.39 Å². The Morgan fingerprint density at radius 1 is 1.36 bits per heavy atom. The Bertz CT molecular complexity index is 189. The predicted octanol–water partition coefficient (Wildman–Crippen LogP) is 3.23. The molecule has 62 valence electrons. The monoisotopic (exact) mass is 282 g/mol. The fraction of sp³-hybridized carbons (Fsp3) is 0.500. The van der Waals surface area contributed by atoms with Gasteiger partial charge in [-0.25, -0.2) is 4.39 Å². The number of rotatable bonds is 2. The summed E-state index contributed by atoms with van der Waals surface area (Å²) >= 11 is 6.45. The average molecular weight is 284 g/mol. The summed E-state index contributed by atoms with van der Waals surface area (Å²) in [6.07, 6.45) is 7.12. The molecule has 0 bridgehead atoms. The van der Waals surface area contributed by atoms with Crippen molar-refractivity contribution in [2.24, 2.45) is 5.92 Å². The third kappa shape index (κ3) is 1.94. The molecule has 0 spiro atoms. The van der Waals surface area contributed by atoms with Gasteiger partial charge in [-0.3, -0.25) is 0 Å². The van der Waals surface area contributed by atoms with Gasteiger partial charge in [0.25, 0.3) is 0 Å². The Hall–Kier alpha value is 0.370. The minimum absolute atomic E-state index is 0.0492. The maximum absolute atomic E-state index is 13.8. The average Bonchev–Trinajstić information content (AvgIpc) is 2.05. The first-order valence-corrected chi connectivity index (χ1v) is 5.64. The first kappa shape index (κ1) is 9.46. The Morgan fingerprint density at radius 3 is 2.55 bits per heavy atom. The second kappa shape index (κ2) is 3.85. The summed E-state index contributed by atoms with van der Waals surface area (Å²) in [5.74, 6) is -0.0492. The highest BCUT2D eigenvalue weighted by atomic mass is 79.9. The summed E-state index contributed by atoms with van der Waals surface area (Å²) in [6.45, 7) is 0. The Morgan fingerprint density at radius 2 is 2.09 bits per heavy atom. The van der Waals surface area contributed by atoms with Crippen LogP contribution in [0.3, 0.4) is 0 Å². The van der Waals surface area contributed by atoms with Crippen LogP contribution in [0.5, 0.6) is 0 Å². The molecule has 1 aliphatic carbocycles. The van der Waals surface area contributed by atoms with E-state index in [-0.39, 0.29) is 5.92 Å². The number of alkyl halides is 3. The van der Waals surface area contributed by atoms with Crippen LogP contribution >= 0.6 is 31.9 Å². The number of halogens is 3. The molecular formula is C8H9Br2F. The van der Waals surface area contributed by atoms with Crippen LogP contribution in [0.4, 0.5) is 4.39 Å². The lowest BCUT2D eigenvalue weighted by Crippen LogP contribution is -2.34. The molecule has 0 N–H and O–H groups in total. The molecular weight excluding hydrogens is 275 g/mol. The van der Waals surface area contributed by atoms with E-state index in [9.17, 15) is 4.39 Å². The fourth-order valence-electron chi connectivity index (χ4n) is 1.02. The summed E-state index contributed by atoms with van der Waals surface area (Å²) in [7, 11) is 0. The second-order valence-electron chi connectivity index (χ2n) is 2.57. The SMILES string of the molecule is FC1(CBr)C=CC=CC1CBr. The Labute approximate surface area is 82.8 Å². The van der Waals surface area contributed by atoms with Gasteiger partial charge < -0.3 is 0 Å². The van der Waals surface area contributed by atoms with Gasteiger partial charge in [-0.2, -0.15) is 0 Å². The normalized spacial score (nSPS) is 36.1. The van der Waals surface area contributed by atoms with Crippen LogP contribution in [0.1, 0.15) is 0 Å². The van der Waals surface area contributed by atoms with Gasteiger partial charge in [-0.15, -0.1) is 0 Å². The third-order valence-electron chi connectivity index (χ3n) is 1.82. The smallest absolute Gasteiger partial charge is 0.146 e. The molecule has 0 radical (unpaired) electrons. The predicted molar refractivity (Wildman–Crippen MR) is 53.2 cm³/mol. The maximum Gasteiger partial charge on any atom is 0.146 e. The molecule has 0 aromatic carbocycles. The first-order chi connectivity index (χ1) is 5.23. The van der Waals surface area contributed by atoms with Crippen LogP contribution in [-0.2, 0) is 0 Å². The molecule has 1 rings (SSSR count). The topological polar surface area (TPSA) is 0 Å². The minimum Gasteiger partial charge on any atom is -0.238 e. The van der Waals surface area contributed by atoms with E-state index in [0.717, 1.165) is 0 Å². The van der Waals surface area contributed by atoms with Crippen molar-refractivity contribution in [2.75, 3.05) is 10.7 Å². The molecule has 0 aliphatic heterocycles. The molecule has 11 heavy (non-hydrogen) atoms. The minimum atomic E-state index is -1.21. The molecule has 0 saturated carbocycles. The van der Waals surface area contributed by atoms with Crippen molar-refractivity contribution >= 4 is 31.9 Å². The molecule has 2 unspecified atom stereocenters. The van der Waals surface area contributed by atoms with Crippen LogP contribution in [0.2, 0.25) is 0 Å². The van der Waals surface area contributed by atoms with E-state index in [2.05, 4.69) is 31.9 Å². The molecule has 0 aromatic rings. The van der Waals surface area contributed by atoms with E-state index in [1.807, 2.05) is 12.2 Å². The number of allylic oxidation sites excluding steroid dienone is 4. The molecule has 0 nitrogen and oxygen atoms in total. The van der Waals surface area contributed by atoms with Gasteiger partial charge in [0.1, 0.15) is 5.67 Å². The van der Waals surface area contributed by atoms with E-state index in [1.165, 1.54) is 0 Å². The van der Waals surface area contributed by atoms with E-state index in [4.69, 9.17) is 0 Å². The van der Waals surface area contributed by atoms with Gasteiger partial charge in [-0.05, 0) is 6.08 Å². The molecule has 0 heterocycles. The van der Waals surface area contributed by atoms with Crippen molar-refractivity contribution in [1.82, 2.24) is 0 Å². The Balaban J connectivity index is 2.77. The van der Waals surface area contributed by atoms with Crippen molar-refractivity contribution in [1.29, 1.82) is 0 Å². The van der Waals surface area contributed by atoms with Crippen LogP contribution < -0.4 is 0 Å². The lowest BCUT2D eigenvalue weighted by Gasteiger charge is -2.27. The zero-order valence-corrected chi connectivity index (χ0v) is 9.11. The highest BCUT2D eigenvalue weighted by molar-refractivity contribution is 9.09. The standard InChI is InChI=1S/C8H9Br2F/c9-5-7-3-1-2-4-8(7,11)6-10/h1-4,7H,5-6H2. The molecule has 3 heteroatoms. The van der Waals surface area contributed by atoms with E-state index < -0.39 is 5.67 Å². The van der Waals surface area contributed by atoms with Gasteiger partial charge in [-0.1, -0.05) is 50.1 Å². The quantitative estimate of drug-likeness (QED) is 0.683. The lowest BCUT2D eigenvalue weighted by atomic mass is 9.89. The zero-order chi connectivity index (χ0) is 8.32. The zero-order valence-electron chi connectivity index (χ0n) is 5.93. The Kier molecular flexibility index (Phi) is 3.31. The first-order valence-electron chi connectivity index (χ1n) is 3.40. The van der Waals surface area contributed by atoms with Crippen molar-refractivity contribution in [3.8, 4) is 0 Å². The van der Waals surface area contributed by atoms with E-state index in [1.54, 1.807) is 12.2 Å². The maximum atomic E-state index is 13.8. The van der Waals surface area contributed by atoms with Gasteiger partial charge in [0.05, 0.1) is 0 Å². The molecule has 0 aromatic heterocycles. The number of hydrogen-bond acceptors (Lipinski definition) is 0. The third-order valence-corrected chi connectivity index (χ3v) is 3.37. The molecule has 1 aliphatic rings. The van der Waals surface area contributed by atoms with Crippen molar-refractivity contribution in [3.63, 3.8) is 0 Å². The van der Waals surface area contributed by atoms with Crippen molar-refractivity contribution in [3.05, 3.63) is 24.3 Å². The van der Waals surface area contributed by atoms with Crippen LogP contribution in [0.25, 0.3) is 0 Å². The lowest BCUT2D eigenvalue weighted by molar-refractivity contribution is 0.211. The summed E-state index contributed by atoms with van der Waals surface area (Å²) < 4.78 is 13.8. The van der Waals surface area contributed by atoms with Crippen LogP contribution in [0.15, 0.2) is 24.3 Å². The largest absolute Gasteiger partial charge is 0.238 e. The van der Waals surface area contributed by atoms with Crippen molar-refractivity contribution in [2.45, 2.75) is 5.67 Å². The summed E-state index contributed by atoms with van der Waals surface area (Å²) in [6, 6.07) is 0. The van der Waals surface area contributed by atoms with Gasteiger partial charge >= 0.3 is 0 Å². The molecule has 2 atom stereocenters. The second-order valence-corrected chi connectivity index (χ2v) is 3.77. The summed E-state index contributed by atoms with van der Waals surface area (Å²) in [5, 5.41) is 1.02. The van der Waals surface area contributed by atoms with Gasteiger partial charge in [0, 0.05) is 16.6 Å².